The molecule has 3 heterocycles. The molecule has 0 radical (unpaired) electrons. The minimum absolute atomic E-state index is 0.0622. The molecule has 8 heteroatoms. The minimum Gasteiger partial charge on any atom is -0.459 e. The number of carbonyl (C=O) groups excluding carboxylic acids is 2. The van der Waals surface area contributed by atoms with E-state index in [1.54, 1.807) is 29.4 Å². The third kappa shape index (κ3) is 4.45. The topological polar surface area (TPSA) is 74.8 Å². The molecule has 0 bridgehead atoms. The maximum atomic E-state index is 13.2. The Balaban J connectivity index is 1.41. The molecule has 0 spiro atoms. The number of esters is 1. The van der Waals surface area contributed by atoms with Crippen LogP contribution in [-0.2, 0) is 15.1 Å². The number of amides is 1. The third-order valence-electron chi connectivity index (χ3n) is 5.72. The van der Waals surface area contributed by atoms with Gasteiger partial charge in [-0.25, -0.2) is 0 Å². The number of hydrogen-bond acceptors (Lipinski definition) is 6. The van der Waals surface area contributed by atoms with E-state index in [-0.39, 0.29) is 24.5 Å². The number of halogens is 1. The lowest BCUT2D eigenvalue weighted by atomic mass is 9.93. The highest BCUT2D eigenvalue weighted by molar-refractivity contribution is 6.31. The van der Waals surface area contributed by atoms with Crippen LogP contribution in [0.3, 0.4) is 0 Å². The van der Waals surface area contributed by atoms with Crippen LogP contribution in [0.5, 0.6) is 0 Å². The van der Waals surface area contributed by atoms with Crippen molar-refractivity contribution in [3.63, 3.8) is 0 Å². The highest BCUT2D eigenvalue weighted by atomic mass is 35.5. The first-order chi connectivity index (χ1) is 14.9. The first kappa shape index (κ1) is 22.6. The van der Waals surface area contributed by atoms with E-state index >= 15 is 0 Å². The number of fused-ring (bicyclic) bond motifs is 1. The van der Waals surface area contributed by atoms with E-state index in [9.17, 15) is 9.59 Å². The summed E-state index contributed by atoms with van der Waals surface area (Å²) in [5.74, 6) is -0.276. The van der Waals surface area contributed by atoms with Crippen LogP contribution in [0.1, 0.15) is 50.5 Å². The van der Waals surface area contributed by atoms with Gasteiger partial charge in [0.2, 0.25) is 0 Å². The average molecular weight is 457 g/mol. The second-order valence-electron chi connectivity index (χ2n) is 9.94. The first-order valence-electron chi connectivity index (χ1n) is 10.7. The van der Waals surface area contributed by atoms with Gasteiger partial charge in [0.15, 0.2) is 0 Å². The Kier molecular flexibility index (Phi) is 5.67. The Morgan fingerprint density at radius 2 is 1.97 bits per heavy atom. The SMILES string of the molecule is CC(C)(C)OC(=O)CN1CC(Nc2cncc(N3C(=O)c4ccc(Cl)cc4C3(C)C)c2)C1. The standard InChI is InChI=1S/C24H29ClN4O3/c1-23(2,3)32-21(30)14-28-12-17(13-28)27-16-9-18(11-26-10-16)29-22(31)19-7-6-15(25)8-20(19)24(29,4)5/h6-11,17,27H,12-14H2,1-5H3. The Bertz CT molecular complexity index is 1060. The fourth-order valence-electron chi connectivity index (χ4n) is 4.36. The van der Waals surface area contributed by atoms with Crippen LogP contribution in [-0.4, -0.2) is 53.0 Å². The van der Waals surface area contributed by atoms with Crippen molar-refractivity contribution < 1.29 is 14.3 Å². The molecule has 0 aliphatic carbocycles. The Morgan fingerprint density at radius 1 is 1.25 bits per heavy atom. The summed E-state index contributed by atoms with van der Waals surface area (Å²) in [6.45, 7) is 11.4. The van der Waals surface area contributed by atoms with Crippen LogP contribution in [0.25, 0.3) is 0 Å². The third-order valence-corrected chi connectivity index (χ3v) is 5.95. The summed E-state index contributed by atoms with van der Waals surface area (Å²) >= 11 is 6.19. The lowest BCUT2D eigenvalue weighted by Crippen LogP contribution is -2.56. The molecule has 2 aliphatic rings. The summed E-state index contributed by atoms with van der Waals surface area (Å²) in [5, 5.41) is 4.06. The van der Waals surface area contributed by atoms with Crippen LogP contribution < -0.4 is 10.2 Å². The molecule has 1 amide bonds. The van der Waals surface area contributed by atoms with E-state index in [2.05, 4.69) is 10.3 Å². The smallest absolute Gasteiger partial charge is 0.320 e. The van der Waals surface area contributed by atoms with Crippen molar-refractivity contribution in [1.82, 2.24) is 9.88 Å². The quantitative estimate of drug-likeness (QED) is 0.683. The zero-order valence-corrected chi connectivity index (χ0v) is 19.9. The summed E-state index contributed by atoms with van der Waals surface area (Å²) in [7, 11) is 0. The van der Waals surface area contributed by atoms with Gasteiger partial charge >= 0.3 is 5.97 Å². The lowest BCUT2D eigenvalue weighted by Gasteiger charge is -2.40. The van der Waals surface area contributed by atoms with Crippen LogP contribution in [0.15, 0.2) is 36.7 Å². The second-order valence-corrected chi connectivity index (χ2v) is 10.4. The van der Waals surface area contributed by atoms with Gasteiger partial charge in [0.05, 0.1) is 41.9 Å². The molecule has 1 N–H and O–H groups in total. The van der Waals surface area contributed by atoms with Gasteiger partial charge in [-0.1, -0.05) is 11.6 Å². The van der Waals surface area contributed by atoms with Crippen molar-refractivity contribution in [2.45, 2.75) is 51.8 Å². The molecular weight excluding hydrogens is 428 g/mol. The van der Waals surface area contributed by atoms with Crippen LogP contribution in [0, 0.1) is 0 Å². The van der Waals surface area contributed by atoms with Gasteiger partial charge in [0.1, 0.15) is 5.60 Å². The summed E-state index contributed by atoms with van der Waals surface area (Å²) < 4.78 is 5.38. The average Bonchev–Trinajstić information content (AvgIpc) is 2.84. The number of carbonyl (C=O) groups is 2. The monoisotopic (exact) mass is 456 g/mol. The molecule has 170 valence electrons. The highest BCUT2D eigenvalue weighted by Crippen LogP contribution is 2.43. The fourth-order valence-corrected chi connectivity index (χ4v) is 4.53. The first-order valence-corrected chi connectivity index (χ1v) is 11.1. The van der Waals surface area contributed by atoms with Crippen LogP contribution in [0.4, 0.5) is 11.4 Å². The van der Waals surface area contributed by atoms with E-state index < -0.39 is 11.1 Å². The normalized spacial score (nSPS) is 18.3. The van der Waals surface area contributed by atoms with E-state index in [1.807, 2.05) is 51.7 Å². The maximum Gasteiger partial charge on any atom is 0.320 e. The van der Waals surface area contributed by atoms with Crippen molar-refractivity contribution in [2.24, 2.45) is 0 Å². The summed E-state index contributed by atoms with van der Waals surface area (Å²) in [4.78, 5) is 33.3. The number of ether oxygens (including phenoxy) is 1. The maximum absolute atomic E-state index is 13.2. The number of pyridine rings is 1. The molecule has 1 saturated heterocycles. The van der Waals surface area contributed by atoms with E-state index in [0.717, 1.165) is 30.0 Å². The molecule has 2 aliphatic heterocycles. The second kappa shape index (κ2) is 8.05. The van der Waals surface area contributed by atoms with Gasteiger partial charge in [-0.05, 0) is 64.4 Å². The van der Waals surface area contributed by atoms with Crippen LogP contribution in [0.2, 0.25) is 5.02 Å². The number of aromatic nitrogens is 1. The number of hydrogen-bond donors (Lipinski definition) is 1. The summed E-state index contributed by atoms with van der Waals surface area (Å²) in [6.07, 6.45) is 3.45. The zero-order chi connectivity index (χ0) is 23.3. The molecular formula is C24H29ClN4O3. The van der Waals surface area contributed by atoms with E-state index in [1.165, 1.54) is 0 Å². The van der Waals surface area contributed by atoms with Gasteiger partial charge in [-0.3, -0.25) is 24.4 Å². The number of anilines is 2. The minimum atomic E-state index is -0.543. The molecule has 0 atom stereocenters. The number of benzene rings is 1. The number of nitrogens with one attached hydrogen (secondary N) is 1. The largest absolute Gasteiger partial charge is 0.459 e. The molecule has 2 aromatic rings. The van der Waals surface area contributed by atoms with Gasteiger partial charge in [0, 0.05) is 23.7 Å². The molecule has 0 unspecified atom stereocenters. The van der Waals surface area contributed by atoms with E-state index in [4.69, 9.17) is 16.3 Å². The number of rotatable bonds is 5. The van der Waals surface area contributed by atoms with Crippen molar-refractivity contribution in [3.05, 3.63) is 52.8 Å². The van der Waals surface area contributed by atoms with Gasteiger partial charge < -0.3 is 10.1 Å². The fraction of sp³-hybridized carbons (Fsp3) is 0.458. The Hall–Kier alpha value is -2.64. The summed E-state index contributed by atoms with van der Waals surface area (Å²) in [6, 6.07) is 7.53. The van der Waals surface area contributed by atoms with Gasteiger partial charge in [-0.15, -0.1) is 0 Å². The van der Waals surface area contributed by atoms with Crippen molar-refractivity contribution in [1.29, 1.82) is 0 Å². The van der Waals surface area contributed by atoms with Crippen molar-refractivity contribution >= 4 is 34.9 Å². The predicted octanol–water partition coefficient (Wildman–Crippen LogP) is 4.07. The summed E-state index contributed by atoms with van der Waals surface area (Å²) in [5.41, 5.74) is 2.11. The van der Waals surface area contributed by atoms with Gasteiger partial charge in [0.25, 0.3) is 5.91 Å². The molecule has 1 fully saturated rings. The van der Waals surface area contributed by atoms with E-state index in [0.29, 0.717) is 10.6 Å². The molecule has 0 saturated carbocycles. The number of likely N-dealkylation sites (tertiary alicyclic amines) is 1. The van der Waals surface area contributed by atoms with Crippen molar-refractivity contribution in [3.8, 4) is 0 Å². The Labute approximate surface area is 193 Å². The predicted molar refractivity (Wildman–Crippen MR) is 125 cm³/mol. The van der Waals surface area contributed by atoms with Gasteiger partial charge in [-0.2, -0.15) is 0 Å². The molecule has 1 aromatic carbocycles. The van der Waals surface area contributed by atoms with Crippen LogP contribution >= 0.6 is 11.6 Å². The molecule has 4 rings (SSSR count). The highest BCUT2D eigenvalue weighted by Gasteiger charge is 2.44. The molecule has 32 heavy (non-hydrogen) atoms. The molecule has 7 nitrogen and oxygen atoms in total. The lowest BCUT2D eigenvalue weighted by molar-refractivity contribution is -0.157. The molecule has 1 aromatic heterocycles. The number of nitrogens with zero attached hydrogens (tertiary/aromatic N) is 3. The van der Waals surface area contributed by atoms with Crippen molar-refractivity contribution in [2.75, 3.05) is 29.9 Å². The Morgan fingerprint density at radius 3 is 2.66 bits per heavy atom. The zero-order valence-electron chi connectivity index (χ0n) is 19.1.